The second-order valence-electron chi connectivity index (χ2n) is 6.66. The summed E-state index contributed by atoms with van der Waals surface area (Å²) in [6.07, 6.45) is 8.64. The SMILES string of the molecule is Fc1ccc(C[NH+]2CC[NH+](CC3CC=CCC3)CC2)cc1. The van der Waals surface area contributed by atoms with Crippen molar-refractivity contribution in [3.63, 3.8) is 0 Å². The molecular weight excluding hydrogens is 263 g/mol. The molecule has 0 spiro atoms. The fraction of sp³-hybridized carbons (Fsp3) is 0.556. The molecule has 2 aliphatic rings. The third-order valence-corrected chi connectivity index (χ3v) is 4.99. The number of hydrogen-bond donors (Lipinski definition) is 2. The van der Waals surface area contributed by atoms with E-state index in [1.165, 1.54) is 57.5 Å². The highest BCUT2D eigenvalue weighted by Gasteiger charge is 2.25. The van der Waals surface area contributed by atoms with Crippen LogP contribution < -0.4 is 9.80 Å². The number of hydrogen-bond acceptors (Lipinski definition) is 0. The maximum absolute atomic E-state index is 12.9. The second-order valence-corrected chi connectivity index (χ2v) is 6.66. The summed E-state index contributed by atoms with van der Waals surface area (Å²) in [7, 11) is 0. The minimum absolute atomic E-state index is 0.135. The Morgan fingerprint density at radius 1 is 0.952 bits per heavy atom. The van der Waals surface area contributed by atoms with E-state index in [1.54, 1.807) is 21.9 Å². The average Bonchev–Trinajstić information content (AvgIpc) is 2.53. The Kier molecular flexibility index (Phi) is 5.04. The first-order chi connectivity index (χ1) is 10.3. The standard InChI is InChI=1S/C18H25FN2/c19-18-8-6-17(7-9-18)15-21-12-10-20(11-13-21)14-16-4-2-1-3-5-16/h1-2,6-9,16H,3-5,10-15H2/p+2. The van der Waals surface area contributed by atoms with Crippen molar-refractivity contribution >= 4 is 0 Å². The predicted octanol–water partition coefficient (Wildman–Crippen LogP) is 0.465. The average molecular weight is 290 g/mol. The highest BCUT2D eigenvalue weighted by Crippen LogP contribution is 2.15. The van der Waals surface area contributed by atoms with E-state index >= 15 is 0 Å². The first-order valence-electron chi connectivity index (χ1n) is 8.36. The number of benzene rings is 1. The fourth-order valence-electron chi connectivity index (χ4n) is 3.68. The van der Waals surface area contributed by atoms with Gasteiger partial charge in [-0.3, -0.25) is 0 Å². The molecule has 0 radical (unpaired) electrons. The van der Waals surface area contributed by atoms with Gasteiger partial charge in [-0.15, -0.1) is 0 Å². The van der Waals surface area contributed by atoms with E-state index in [2.05, 4.69) is 12.2 Å². The predicted molar refractivity (Wildman–Crippen MR) is 82.8 cm³/mol. The Labute approximate surface area is 127 Å². The summed E-state index contributed by atoms with van der Waals surface area (Å²) in [5, 5.41) is 0. The van der Waals surface area contributed by atoms with E-state index < -0.39 is 0 Å². The lowest BCUT2D eigenvalue weighted by molar-refractivity contribution is -1.02. The maximum atomic E-state index is 12.9. The van der Waals surface area contributed by atoms with Crippen molar-refractivity contribution < 1.29 is 14.2 Å². The summed E-state index contributed by atoms with van der Waals surface area (Å²) in [4.78, 5) is 3.44. The first kappa shape index (κ1) is 14.7. The molecule has 1 unspecified atom stereocenters. The van der Waals surface area contributed by atoms with Crippen LogP contribution >= 0.6 is 0 Å². The topological polar surface area (TPSA) is 8.88 Å². The molecule has 1 saturated heterocycles. The van der Waals surface area contributed by atoms with E-state index in [0.717, 1.165) is 12.5 Å². The molecule has 0 saturated carbocycles. The molecule has 1 aliphatic carbocycles. The molecule has 114 valence electrons. The van der Waals surface area contributed by atoms with Crippen LogP contribution in [0.2, 0.25) is 0 Å². The van der Waals surface area contributed by atoms with Gasteiger partial charge in [0.2, 0.25) is 0 Å². The van der Waals surface area contributed by atoms with Gasteiger partial charge in [0.15, 0.2) is 0 Å². The van der Waals surface area contributed by atoms with E-state index in [-0.39, 0.29) is 5.82 Å². The number of piperazine rings is 1. The normalized spacial score (nSPS) is 29.5. The summed E-state index contributed by atoms with van der Waals surface area (Å²) in [6.45, 7) is 7.46. The Bertz CT molecular complexity index is 461. The van der Waals surface area contributed by atoms with Crippen molar-refractivity contribution in [1.82, 2.24) is 0 Å². The van der Waals surface area contributed by atoms with E-state index in [0.29, 0.717) is 0 Å². The molecule has 1 atom stereocenters. The second kappa shape index (κ2) is 7.19. The van der Waals surface area contributed by atoms with Crippen LogP contribution in [0.15, 0.2) is 36.4 Å². The van der Waals surface area contributed by atoms with Gasteiger partial charge < -0.3 is 9.80 Å². The van der Waals surface area contributed by atoms with Crippen LogP contribution in [0.3, 0.4) is 0 Å². The minimum atomic E-state index is -0.135. The zero-order valence-corrected chi connectivity index (χ0v) is 12.8. The van der Waals surface area contributed by atoms with Gasteiger partial charge in [-0.2, -0.15) is 0 Å². The number of halogens is 1. The van der Waals surface area contributed by atoms with Gasteiger partial charge in [0.25, 0.3) is 0 Å². The molecule has 21 heavy (non-hydrogen) atoms. The van der Waals surface area contributed by atoms with Crippen molar-refractivity contribution in [2.45, 2.75) is 25.8 Å². The third-order valence-electron chi connectivity index (χ3n) is 4.99. The van der Waals surface area contributed by atoms with E-state index in [9.17, 15) is 4.39 Å². The van der Waals surface area contributed by atoms with Gasteiger partial charge in [-0.05, 0) is 31.4 Å². The minimum Gasteiger partial charge on any atom is -0.325 e. The molecule has 2 nitrogen and oxygen atoms in total. The molecule has 3 heteroatoms. The Balaban J connectivity index is 1.42. The fourth-order valence-corrected chi connectivity index (χ4v) is 3.68. The van der Waals surface area contributed by atoms with Crippen LogP contribution in [-0.2, 0) is 6.54 Å². The van der Waals surface area contributed by atoms with Gasteiger partial charge in [-0.25, -0.2) is 4.39 Å². The summed E-state index contributed by atoms with van der Waals surface area (Å²) >= 11 is 0. The lowest BCUT2D eigenvalue weighted by Gasteiger charge is -2.32. The van der Waals surface area contributed by atoms with Crippen molar-refractivity contribution in [2.24, 2.45) is 5.92 Å². The number of quaternary nitrogens is 2. The summed E-state index contributed by atoms with van der Waals surface area (Å²) < 4.78 is 12.9. The van der Waals surface area contributed by atoms with Gasteiger partial charge in [0.1, 0.15) is 38.5 Å². The van der Waals surface area contributed by atoms with E-state index in [4.69, 9.17) is 0 Å². The molecule has 0 aromatic heterocycles. The van der Waals surface area contributed by atoms with Crippen LogP contribution in [0.5, 0.6) is 0 Å². The lowest BCUT2D eigenvalue weighted by Crippen LogP contribution is -3.27. The maximum Gasteiger partial charge on any atom is 0.127 e. The Morgan fingerprint density at radius 2 is 1.67 bits per heavy atom. The number of allylic oxidation sites excluding steroid dienone is 2. The van der Waals surface area contributed by atoms with Gasteiger partial charge >= 0.3 is 0 Å². The Morgan fingerprint density at radius 3 is 2.33 bits per heavy atom. The molecule has 1 aliphatic heterocycles. The quantitative estimate of drug-likeness (QED) is 0.746. The van der Waals surface area contributed by atoms with Crippen molar-refractivity contribution in [2.75, 3.05) is 32.7 Å². The van der Waals surface area contributed by atoms with Crippen LogP contribution in [0.4, 0.5) is 4.39 Å². The summed E-state index contributed by atoms with van der Waals surface area (Å²) in [5.74, 6) is 0.771. The van der Waals surface area contributed by atoms with Crippen LogP contribution in [0.1, 0.15) is 24.8 Å². The largest absolute Gasteiger partial charge is 0.325 e. The molecular formula is C18H27FN2+2. The van der Waals surface area contributed by atoms with Crippen LogP contribution in [-0.4, -0.2) is 32.7 Å². The van der Waals surface area contributed by atoms with Crippen molar-refractivity contribution in [3.05, 3.63) is 47.8 Å². The van der Waals surface area contributed by atoms with Crippen molar-refractivity contribution in [1.29, 1.82) is 0 Å². The molecule has 1 fully saturated rings. The molecule has 1 aromatic rings. The van der Waals surface area contributed by atoms with Crippen molar-refractivity contribution in [3.8, 4) is 0 Å². The molecule has 1 heterocycles. The highest BCUT2D eigenvalue weighted by molar-refractivity contribution is 5.14. The smallest absolute Gasteiger partial charge is 0.127 e. The molecule has 0 bridgehead atoms. The third kappa shape index (κ3) is 4.39. The first-order valence-corrected chi connectivity index (χ1v) is 8.36. The zero-order chi connectivity index (χ0) is 14.5. The van der Waals surface area contributed by atoms with Gasteiger partial charge in [-0.1, -0.05) is 24.3 Å². The molecule has 2 N–H and O–H groups in total. The van der Waals surface area contributed by atoms with E-state index in [1.807, 2.05) is 12.1 Å². The van der Waals surface area contributed by atoms with Gasteiger partial charge in [0, 0.05) is 11.5 Å². The zero-order valence-electron chi connectivity index (χ0n) is 12.8. The monoisotopic (exact) mass is 290 g/mol. The lowest BCUT2D eigenvalue weighted by atomic mass is 9.94. The molecule has 1 aromatic carbocycles. The summed E-state index contributed by atoms with van der Waals surface area (Å²) in [5.41, 5.74) is 1.26. The molecule has 0 amide bonds. The highest BCUT2D eigenvalue weighted by atomic mass is 19.1. The van der Waals surface area contributed by atoms with Gasteiger partial charge in [0.05, 0.1) is 6.54 Å². The van der Waals surface area contributed by atoms with Crippen LogP contribution in [0.25, 0.3) is 0 Å². The Hall–Kier alpha value is -1.19. The summed E-state index contributed by atoms with van der Waals surface area (Å²) in [6, 6.07) is 7.01. The molecule has 3 rings (SSSR count). The van der Waals surface area contributed by atoms with Crippen LogP contribution in [0, 0.1) is 11.7 Å². The number of nitrogens with one attached hydrogen (secondary N) is 2. The number of rotatable bonds is 4.